The number of carboxylic acids is 1. The molecule has 142 valence electrons. The molecule has 1 heterocycles. The van der Waals surface area contributed by atoms with Gasteiger partial charge in [0.2, 0.25) is 5.91 Å². The Labute approximate surface area is 154 Å². The molecular formula is C17H19N5O5. The number of aliphatic carboxylic acids is 1. The van der Waals surface area contributed by atoms with Gasteiger partial charge in [0.05, 0.1) is 25.3 Å². The standard InChI is InChI=1S/C17H19N5O5/c18-17(19)21-11-4-1-3-10(7-11)16(26)20-9-14(23)22-12(8-15(24)25)13-5-2-6-27-13/h1-7,12H,8-9H2,(H,20,26)(H,22,23)(H,24,25)(H4,18,19,21). The number of hydrogen-bond acceptors (Lipinski definition) is 5. The summed E-state index contributed by atoms with van der Waals surface area (Å²) in [5.74, 6) is -2.14. The lowest BCUT2D eigenvalue weighted by molar-refractivity contribution is -0.138. The molecule has 1 unspecified atom stereocenters. The second-order valence-corrected chi connectivity index (χ2v) is 5.54. The summed E-state index contributed by atoms with van der Waals surface area (Å²) in [6, 6.07) is 8.54. The lowest BCUT2D eigenvalue weighted by atomic mass is 10.1. The molecule has 0 spiro atoms. The molecule has 0 aliphatic heterocycles. The molecule has 0 aliphatic rings. The first-order valence-corrected chi connectivity index (χ1v) is 7.89. The van der Waals surface area contributed by atoms with Crippen molar-refractivity contribution in [3.8, 4) is 0 Å². The zero-order valence-electron chi connectivity index (χ0n) is 14.2. The molecule has 1 aromatic carbocycles. The maximum absolute atomic E-state index is 12.2. The summed E-state index contributed by atoms with van der Waals surface area (Å²) in [5, 5.41) is 23.7. The minimum absolute atomic E-state index is 0.266. The number of guanidine groups is 1. The Hall–Kier alpha value is -3.82. The average Bonchev–Trinajstić information content (AvgIpc) is 3.13. The highest BCUT2D eigenvalue weighted by molar-refractivity contribution is 5.98. The fourth-order valence-electron chi connectivity index (χ4n) is 2.29. The first-order chi connectivity index (χ1) is 12.8. The van der Waals surface area contributed by atoms with Crippen molar-refractivity contribution in [3.63, 3.8) is 0 Å². The number of benzene rings is 1. The van der Waals surface area contributed by atoms with Gasteiger partial charge in [-0.05, 0) is 30.3 Å². The Balaban J connectivity index is 1.93. The van der Waals surface area contributed by atoms with Crippen LogP contribution in [0.1, 0.15) is 28.6 Å². The molecule has 0 bridgehead atoms. The quantitative estimate of drug-likeness (QED) is 0.291. The van der Waals surface area contributed by atoms with Gasteiger partial charge in [-0.3, -0.25) is 19.8 Å². The van der Waals surface area contributed by atoms with Crippen molar-refractivity contribution in [2.24, 2.45) is 5.73 Å². The van der Waals surface area contributed by atoms with E-state index in [1.807, 2.05) is 0 Å². The molecule has 7 N–H and O–H groups in total. The van der Waals surface area contributed by atoms with E-state index in [4.69, 9.17) is 20.7 Å². The molecule has 0 saturated carbocycles. The Morgan fingerprint density at radius 2 is 2.00 bits per heavy atom. The van der Waals surface area contributed by atoms with Crippen LogP contribution in [-0.4, -0.2) is 35.4 Å². The Morgan fingerprint density at radius 3 is 2.63 bits per heavy atom. The van der Waals surface area contributed by atoms with E-state index in [1.54, 1.807) is 24.3 Å². The van der Waals surface area contributed by atoms with Crippen LogP contribution in [0, 0.1) is 5.41 Å². The number of hydrogen-bond donors (Lipinski definition) is 6. The molecule has 0 radical (unpaired) electrons. The van der Waals surface area contributed by atoms with E-state index >= 15 is 0 Å². The van der Waals surface area contributed by atoms with Gasteiger partial charge in [0, 0.05) is 11.3 Å². The summed E-state index contributed by atoms with van der Waals surface area (Å²) in [6.45, 7) is -0.347. The summed E-state index contributed by atoms with van der Waals surface area (Å²) in [4.78, 5) is 35.2. The molecule has 10 nitrogen and oxygen atoms in total. The normalized spacial score (nSPS) is 11.3. The number of nitrogens with one attached hydrogen (secondary N) is 4. The lowest BCUT2D eigenvalue weighted by Gasteiger charge is -2.15. The molecule has 27 heavy (non-hydrogen) atoms. The van der Waals surface area contributed by atoms with Gasteiger partial charge in [-0.25, -0.2) is 0 Å². The fourth-order valence-corrected chi connectivity index (χ4v) is 2.29. The molecule has 0 fully saturated rings. The van der Waals surface area contributed by atoms with Crippen LogP contribution in [0.5, 0.6) is 0 Å². The molecular weight excluding hydrogens is 354 g/mol. The van der Waals surface area contributed by atoms with Gasteiger partial charge in [-0.2, -0.15) is 0 Å². The smallest absolute Gasteiger partial charge is 0.305 e. The van der Waals surface area contributed by atoms with E-state index in [9.17, 15) is 14.4 Å². The first kappa shape index (κ1) is 19.5. The van der Waals surface area contributed by atoms with Gasteiger partial charge in [0.25, 0.3) is 5.91 Å². The Bertz CT molecular complexity index is 834. The number of furan rings is 1. The maximum atomic E-state index is 12.2. The van der Waals surface area contributed by atoms with E-state index in [0.29, 0.717) is 11.4 Å². The van der Waals surface area contributed by atoms with Crippen molar-refractivity contribution < 1.29 is 23.9 Å². The van der Waals surface area contributed by atoms with E-state index in [2.05, 4.69) is 16.0 Å². The largest absolute Gasteiger partial charge is 0.481 e. The van der Waals surface area contributed by atoms with Gasteiger partial charge < -0.3 is 31.2 Å². The molecule has 0 saturated heterocycles. The third kappa shape index (κ3) is 6.20. The number of amides is 2. The second-order valence-electron chi connectivity index (χ2n) is 5.54. The predicted octanol–water partition coefficient (Wildman–Crippen LogP) is 0.647. The van der Waals surface area contributed by atoms with Crippen LogP contribution in [0.15, 0.2) is 47.1 Å². The molecule has 2 amide bonds. The topological polar surface area (TPSA) is 171 Å². The summed E-state index contributed by atoms with van der Waals surface area (Å²) in [7, 11) is 0. The zero-order chi connectivity index (χ0) is 19.8. The van der Waals surface area contributed by atoms with E-state index in [-0.39, 0.29) is 24.5 Å². The van der Waals surface area contributed by atoms with E-state index in [0.717, 1.165) is 0 Å². The number of carboxylic acid groups (broad SMARTS) is 1. The van der Waals surface area contributed by atoms with Gasteiger partial charge in [0.15, 0.2) is 5.96 Å². The van der Waals surface area contributed by atoms with Gasteiger partial charge in [0.1, 0.15) is 5.76 Å². The maximum Gasteiger partial charge on any atom is 0.305 e. The summed E-state index contributed by atoms with van der Waals surface area (Å²) >= 11 is 0. The van der Waals surface area contributed by atoms with Crippen molar-refractivity contribution in [3.05, 3.63) is 54.0 Å². The van der Waals surface area contributed by atoms with Crippen LogP contribution < -0.4 is 21.7 Å². The van der Waals surface area contributed by atoms with Gasteiger partial charge >= 0.3 is 5.97 Å². The minimum Gasteiger partial charge on any atom is -0.481 e. The van der Waals surface area contributed by atoms with Gasteiger partial charge in [-0.15, -0.1) is 0 Å². The van der Waals surface area contributed by atoms with Crippen LogP contribution in [-0.2, 0) is 9.59 Å². The lowest BCUT2D eigenvalue weighted by Crippen LogP contribution is -2.39. The molecule has 1 aromatic heterocycles. The van der Waals surface area contributed by atoms with Crippen LogP contribution >= 0.6 is 0 Å². The number of carbonyl (C=O) groups is 3. The number of nitrogens with two attached hydrogens (primary N) is 1. The zero-order valence-corrected chi connectivity index (χ0v) is 14.2. The summed E-state index contributed by atoms with van der Waals surface area (Å²) in [5.41, 5.74) is 5.96. The van der Waals surface area contributed by atoms with Gasteiger partial charge in [-0.1, -0.05) is 6.07 Å². The first-order valence-electron chi connectivity index (χ1n) is 7.89. The fraction of sp³-hybridized carbons (Fsp3) is 0.176. The summed E-state index contributed by atoms with van der Waals surface area (Å²) in [6.07, 6.45) is 1.02. The van der Waals surface area contributed by atoms with E-state index < -0.39 is 23.8 Å². The highest BCUT2D eigenvalue weighted by Gasteiger charge is 2.20. The van der Waals surface area contributed by atoms with Crippen molar-refractivity contribution in [1.29, 1.82) is 5.41 Å². The van der Waals surface area contributed by atoms with Crippen LogP contribution in [0.25, 0.3) is 0 Å². The van der Waals surface area contributed by atoms with Crippen molar-refractivity contribution in [1.82, 2.24) is 10.6 Å². The molecule has 0 aliphatic carbocycles. The second kappa shape index (κ2) is 9.04. The van der Waals surface area contributed by atoms with Crippen molar-refractivity contribution in [2.75, 3.05) is 11.9 Å². The third-order valence-electron chi connectivity index (χ3n) is 3.41. The van der Waals surface area contributed by atoms with Crippen LogP contribution in [0.3, 0.4) is 0 Å². The molecule has 1 atom stereocenters. The predicted molar refractivity (Wildman–Crippen MR) is 96.2 cm³/mol. The van der Waals surface area contributed by atoms with Crippen LogP contribution in [0.4, 0.5) is 5.69 Å². The number of carbonyl (C=O) groups excluding carboxylic acids is 2. The highest BCUT2D eigenvalue weighted by atomic mass is 16.4. The highest BCUT2D eigenvalue weighted by Crippen LogP contribution is 2.17. The van der Waals surface area contributed by atoms with Crippen LogP contribution in [0.2, 0.25) is 0 Å². The Morgan fingerprint density at radius 1 is 1.22 bits per heavy atom. The summed E-state index contributed by atoms with van der Waals surface area (Å²) < 4.78 is 5.14. The van der Waals surface area contributed by atoms with E-state index in [1.165, 1.54) is 18.4 Å². The van der Waals surface area contributed by atoms with Crippen molar-refractivity contribution in [2.45, 2.75) is 12.5 Å². The minimum atomic E-state index is -1.10. The third-order valence-corrected chi connectivity index (χ3v) is 3.41. The average molecular weight is 373 g/mol. The molecule has 2 rings (SSSR count). The van der Waals surface area contributed by atoms with Crippen molar-refractivity contribution >= 4 is 29.4 Å². The monoisotopic (exact) mass is 373 g/mol. The number of anilines is 1. The molecule has 10 heteroatoms. The SMILES string of the molecule is N=C(N)Nc1cccc(C(=O)NCC(=O)NC(CC(=O)O)c2ccco2)c1. The number of rotatable bonds is 8. The Kier molecular flexibility index (Phi) is 6.53. The molecule has 2 aromatic rings.